The highest BCUT2D eigenvalue weighted by atomic mass is 79.9. The molecule has 1 rings (SSSR count). The van der Waals surface area contributed by atoms with Gasteiger partial charge in [-0.15, -0.1) is 0 Å². The molecule has 0 heterocycles. The molecule has 0 spiro atoms. The van der Waals surface area contributed by atoms with Crippen LogP contribution < -0.4 is 0 Å². The Morgan fingerprint density at radius 3 is 2.73 bits per heavy atom. The van der Waals surface area contributed by atoms with Crippen molar-refractivity contribution in [1.82, 2.24) is 0 Å². The molecule has 0 radical (unpaired) electrons. The lowest BCUT2D eigenvalue weighted by molar-refractivity contribution is -0.385. The zero-order chi connectivity index (χ0) is 11.4. The molecule has 1 N–H and O–H groups in total. The summed E-state index contributed by atoms with van der Waals surface area (Å²) in [7, 11) is 0. The number of hydrogen-bond acceptors (Lipinski definition) is 3. The van der Waals surface area contributed by atoms with Gasteiger partial charge in [0.15, 0.2) is 0 Å². The second-order valence-corrected chi connectivity index (χ2v) is 3.84. The van der Waals surface area contributed by atoms with Gasteiger partial charge in [-0.2, -0.15) is 0 Å². The van der Waals surface area contributed by atoms with Crippen molar-refractivity contribution in [2.45, 2.75) is 12.8 Å². The van der Waals surface area contributed by atoms with Crippen molar-refractivity contribution < 1.29 is 14.8 Å². The first-order valence-electron chi connectivity index (χ1n) is 4.15. The van der Waals surface area contributed by atoms with Crippen molar-refractivity contribution in [2.24, 2.45) is 0 Å². The van der Waals surface area contributed by atoms with E-state index in [-0.39, 0.29) is 18.5 Å². The van der Waals surface area contributed by atoms with Crippen LogP contribution in [0.1, 0.15) is 12.0 Å². The molecule has 0 aliphatic rings. The molecule has 80 valence electrons. The molecular formula is C9H8BrNO4. The molecule has 0 saturated carbocycles. The lowest BCUT2D eigenvalue weighted by atomic mass is 10.1. The number of nitrogens with zero attached hydrogens (tertiary/aromatic N) is 1. The first kappa shape index (κ1) is 11.6. The van der Waals surface area contributed by atoms with Crippen LogP contribution in [-0.4, -0.2) is 16.0 Å². The summed E-state index contributed by atoms with van der Waals surface area (Å²) in [4.78, 5) is 20.5. The van der Waals surface area contributed by atoms with E-state index in [1.54, 1.807) is 12.1 Å². The van der Waals surface area contributed by atoms with Gasteiger partial charge in [0.1, 0.15) is 0 Å². The van der Waals surface area contributed by atoms with Crippen molar-refractivity contribution in [3.63, 3.8) is 0 Å². The first-order chi connectivity index (χ1) is 7.00. The van der Waals surface area contributed by atoms with E-state index in [1.807, 2.05) is 0 Å². The molecule has 0 amide bonds. The molecule has 1 aromatic rings. The van der Waals surface area contributed by atoms with Gasteiger partial charge in [0.2, 0.25) is 0 Å². The number of carboxylic acids is 1. The quantitative estimate of drug-likeness (QED) is 0.675. The minimum Gasteiger partial charge on any atom is -0.481 e. The number of nitro groups is 1. The lowest BCUT2D eigenvalue weighted by Crippen LogP contribution is -2.00. The van der Waals surface area contributed by atoms with E-state index in [2.05, 4.69) is 15.9 Å². The van der Waals surface area contributed by atoms with E-state index in [4.69, 9.17) is 5.11 Å². The van der Waals surface area contributed by atoms with E-state index in [9.17, 15) is 14.9 Å². The van der Waals surface area contributed by atoms with Crippen LogP contribution in [0.4, 0.5) is 5.69 Å². The Bertz CT molecular complexity index is 405. The highest BCUT2D eigenvalue weighted by molar-refractivity contribution is 9.10. The normalized spacial score (nSPS) is 9.93. The minimum absolute atomic E-state index is 0.0503. The van der Waals surface area contributed by atoms with Crippen LogP contribution in [0.25, 0.3) is 0 Å². The molecule has 0 fully saturated rings. The van der Waals surface area contributed by atoms with E-state index in [0.717, 1.165) is 0 Å². The standard InChI is InChI=1S/C9H8BrNO4/c10-7-3-1-6(2-4-9(12)13)8(5-7)11(14)15/h1,3,5H,2,4H2,(H,12,13). The SMILES string of the molecule is O=C(O)CCc1ccc(Br)cc1[N+](=O)[O-]. The van der Waals surface area contributed by atoms with E-state index in [0.29, 0.717) is 10.0 Å². The number of carboxylic acid groups (broad SMARTS) is 1. The maximum atomic E-state index is 10.7. The van der Waals surface area contributed by atoms with Gasteiger partial charge in [0.05, 0.1) is 4.92 Å². The van der Waals surface area contributed by atoms with Crippen molar-refractivity contribution >= 4 is 27.6 Å². The van der Waals surface area contributed by atoms with E-state index >= 15 is 0 Å². The molecule has 1 aromatic carbocycles. The number of halogens is 1. The van der Waals surface area contributed by atoms with Crippen LogP contribution >= 0.6 is 15.9 Å². The van der Waals surface area contributed by atoms with Crippen molar-refractivity contribution in [3.05, 3.63) is 38.3 Å². The molecule has 0 atom stereocenters. The predicted octanol–water partition coefficient (Wildman–Crippen LogP) is 2.37. The van der Waals surface area contributed by atoms with Crippen LogP contribution in [0.15, 0.2) is 22.7 Å². The number of aryl methyl sites for hydroxylation is 1. The molecule has 6 heteroatoms. The fourth-order valence-corrected chi connectivity index (χ4v) is 1.51. The molecule has 0 unspecified atom stereocenters. The number of rotatable bonds is 4. The van der Waals surface area contributed by atoms with Gasteiger partial charge >= 0.3 is 5.97 Å². The Hall–Kier alpha value is -1.43. The zero-order valence-corrected chi connectivity index (χ0v) is 9.23. The molecule has 15 heavy (non-hydrogen) atoms. The summed E-state index contributed by atoms with van der Waals surface area (Å²) in [5, 5.41) is 19.1. The highest BCUT2D eigenvalue weighted by Crippen LogP contribution is 2.24. The molecule has 0 aromatic heterocycles. The van der Waals surface area contributed by atoms with Crippen molar-refractivity contribution in [2.75, 3.05) is 0 Å². The van der Waals surface area contributed by atoms with Gasteiger partial charge in [-0.25, -0.2) is 0 Å². The van der Waals surface area contributed by atoms with Gasteiger partial charge in [0, 0.05) is 22.5 Å². The van der Waals surface area contributed by atoms with Gasteiger partial charge in [-0.3, -0.25) is 14.9 Å². The van der Waals surface area contributed by atoms with Gasteiger partial charge in [-0.1, -0.05) is 22.0 Å². The molecule has 0 saturated heterocycles. The van der Waals surface area contributed by atoms with Crippen LogP contribution in [0.2, 0.25) is 0 Å². The fraction of sp³-hybridized carbons (Fsp3) is 0.222. The van der Waals surface area contributed by atoms with E-state index < -0.39 is 10.9 Å². The summed E-state index contributed by atoms with van der Waals surface area (Å²) >= 11 is 3.12. The van der Waals surface area contributed by atoms with Crippen LogP contribution in [0, 0.1) is 10.1 Å². The summed E-state index contributed by atoms with van der Waals surface area (Å²) in [5.74, 6) is -0.966. The Morgan fingerprint density at radius 2 is 2.20 bits per heavy atom. The van der Waals surface area contributed by atoms with Crippen molar-refractivity contribution in [1.29, 1.82) is 0 Å². The predicted molar refractivity (Wildman–Crippen MR) is 56.8 cm³/mol. The number of aliphatic carboxylic acids is 1. The summed E-state index contributed by atoms with van der Waals surface area (Å²) in [6.07, 6.45) is 0.0569. The topological polar surface area (TPSA) is 80.4 Å². The molecule has 5 nitrogen and oxygen atoms in total. The average Bonchev–Trinajstić information content (AvgIpc) is 2.15. The molecule has 0 aliphatic carbocycles. The first-order valence-corrected chi connectivity index (χ1v) is 4.94. The van der Waals surface area contributed by atoms with Gasteiger partial charge < -0.3 is 5.11 Å². The van der Waals surface area contributed by atoms with Crippen LogP contribution in [0.5, 0.6) is 0 Å². The number of carbonyl (C=O) groups is 1. The Kier molecular flexibility index (Phi) is 3.79. The third-order valence-corrected chi connectivity index (χ3v) is 2.35. The third kappa shape index (κ3) is 3.32. The van der Waals surface area contributed by atoms with Crippen LogP contribution in [0.3, 0.4) is 0 Å². The van der Waals surface area contributed by atoms with Gasteiger partial charge in [-0.05, 0) is 12.5 Å². The van der Waals surface area contributed by atoms with Gasteiger partial charge in [0.25, 0.3) is 5.69 Å². The van der Waals surface area contributed by atoms with Crippen LogP contribution in [-0.2, 0) is 11.2 Å². The second kappa shape index (κ2) is 4.88. The summed E-state index contributed by atoms with van der Waals surface area (Å²) < 4.78 is 0.605. The summed E-state index contributed by atoms with van der Waals surface area (Å²) in [6, 6.07) is 4.59. The number of benzene rings is 1. The highest BCUT2D eigenvalue weighted by Gasteiger charge is 2.14. The Morgan fingerprint density at radius 1 is 1.53 bits per heavy atom. The maximum absolute atomic E-state index is 10.7. The Balaban J connectivity index is 2.95. The second-order valence-electron chi connectivity index (χ2n) is 2.92. The Labute approximate surface area is 94.0 Å². The average molecular weight is 274 g/mol. The largest absolute Gasteiger partial charge is 0.481 e. The lowest BCUT2D eigenvalue weighted by Gasteiger charge is -2.01. The number of hydrogen-bond donors (Lipinski definition) is 1. The summed E-state index contributed by atoms with van der Waals surface area (Å²) in [6.45, 7) is 0. The monoisotopic (exact) mass is 273 g/mol. The maximum Gasteiger partial charge on any atom is 0.303 e. The third-order valence-electron chi connectivity index (χ3n) is 1.85. The minimum atomic E-state index is -0.966. The van der Waals surface area contributed by atoms with E-state index in [1.165, 1.54) is 6.07 Å². The molecule has 0 bridgehead atoms. The zero-order valence-electron chi connectivity index (χ0n) is 7.64. The number of nitro benzene ring substituents is 1. The van der Waals surface area contributed by atoms with Crippen molar-refractivity contribution in [3.8, 4) is 0 Å². The summed E-state index contributed by atoms with van der Waals surface area (Å²) in [5.41, 5.74) is 0.385. The fourth-order valence-electron chi connectivity index (χ4n) is 1.16. The smallest absolute Gasteiger partial charge is 0.303 e. The molecular weight excluding hydrogens is 266 g/mol. The molecule has 0 aliphatic heterocycles.